The van der Waals surface area contributed by atoms with E-state index < -0.39 is 0 Å². The van der Waals surface area contributed by atoms with E-state index in [0.29, 0.717) is 12.5 Å². The van der Waals surface area contributed by atoms with Crippen LogP contribution < -0.4 is 5.32 Å². The van der Waals surface area contributed by atoms with Crippen LogP contribution in [-0.2, 0) is 11.2 Å². The molecule has 1 saturated carbocycles. The number of hydrogen-bond donors (Lipinski definition) is 2. The van der Waals surface area contributed by atoms with Crippen LogP contribution in [0.1, 0.15) is 43.4 Å². The predicted octanol–water partition coefficient (Wildman–Crippen LogP) is 2.31. The van der Waals surface area contributed by atoms with Crippen molar-refractivity contribution in [1.82, 2.24) is 10.3 Å². The lowest BCUT2D eigenvalue weighted by atomic mass is 9.95. The number of carbonyl (C=O) groups excluding carboxylic acids is 1. The molecule has 1 amide bonds. The van der Waals surface area contributed by atoms with Crippen LogP contribution in [0.3, 0.4) is 0 Å². The average molecular weight is 220 g/mol. The van der Waals surface area contributed by atoms with Crippen molar-refractivity contribution in [2.75, 3.05) is 0 Å². The monoisotopic (exact) mass is 220 g/mol. The van der Waals surface area contributed by atoms with Crippen LogP contribution >= 0.6 is 0 Å². The molecule has 3 heteroatoms. The molecule has 16 heavy (non-hydrogen) atoms. The molecule has 1 heterocycles. The van der Waals surface area contributed by atoms with Gasteiger partial charge in [0, 0.05) is 17.9 Å². The summed E-state index contributed by atoms with van der Waals surface area (Å²) in [4.78, 5) is 14.9. The minimum atomic E-state index is 0.158. The first-order valence-electron chi connectivity index (χ1n) is 6.17. The van der Waals surface area contributed by atoms with Gasteiger partial charge in [0.05, 0.1) is 6.42 Å². The molecule has 3 nitrogen and oxygen atoms in total. The molecule has 0 aromatic carbocycles. The SMILES string of the molecule is Cc1cc(CC(=O)NC2CCCCC2)c[nH]1. The van der Waals surface area contributed by atoms with E-state index in [9.17, 15) is 4.79 Å². The van der Waals surface area contributed by atoms with Gasteiger partial charge in [0.2, 0.25) is 5.91 Å². The molecule has 1 aromatic rings. The second-order valence-electron chi connectivity index (χ2n) is 4.77. The highest BCUT2D eigenvalue weighted by molar-refractivity contribution is 5.78. The van der Waals surface area contributed by atoms with Gasteiger partial charge in [0.1, 0.15) is 0 Å². The average Bonchev–Trinajstić information content (AvgIpc) is 2.65. The fraction of sp³-hybridized carbons (Fsp3) is 0.615. The molecule has 0 bridgehead atoms. The Bertz CT molecular complexity index is 351. The first-order chi connectivity index (χ1) is 7.74. The molecule has 1 aromatic heterocycles. The largest absolute Gasteiger partial charge is 0.365 e. The molecule has 0 unspecified atom stereocenters. The topological polar surface area (TPSA) is 44.9 Å². The summed E-state index contributed by atoms with van der Waals surface area (Å²) in [7, 11) is 0. The first kappa shape index (κ1) is 11.2. The van der Waals surface area contributed by atoms with Gasteiger partial charge in [-0.2, -0.15) is 0 Å². The first-order valence-corrected chi connectivity index (χ1v) is 6.17. The van der Waals surface area contributed by atoms with Crippen LogP contribution in [0, 0.1) is 6.92 Å². The van der Waals surface area contributed by atoms with Crippen LogP contribution in [0.25, 0.3) is 0 Å². The van der Waals surface area contributed by atoms with E-state index in [0.717, 1.165) is 24.1 Å². The Hall–Kier alpha value is -1.25. The second kappa shape index (κ2) is 5.19. The summed E-state index contributed by atoms with van der Waals surface area (Å²) in [5.74, 6) is 0.158. The number of aryl methyl sites for hydroxylation is 1. The third-order valence-electron chi connectivity index (χ3n) is 3.22. The number of aromatic amines is 1. The summed E-state index contributed by atoms with van der Waals surface area (Å²) >= 11 is 0. The number of carbonyl (C=O) groups is 1. The van der Waals surface area contributed by atoms with Crippen molar-refractivity contribution < 1.29 is 4.79 Å². The van der Waals surface area contributed by atoms with E-state index in [1.807, 2.05) is 19.2 Å². The highest BCUT2D eigenvalue weighted by atomic mass is 16.1. The van der Waals surface area contributed by atoms with E-state index in [-0.39, 0.29) is 5.91 Å². The van der Waals surface area contributed by atoms with Gasteiger partial charge in [-0.05, 0) is 31.4 Å². The van der Waals surface area contributed by atoms with Gasteiger partial charge >= 0.3 is 0 Å². The Kier molecular flexibility index (Phi) is 3.65. The lowest BCUT2D eigenvalue weighted by Crippen LogP contribution is -2.37. The van der Waals surface area contributed by atoms with Crippen LogP contribution in [0.4, 0.5) is 0 Å². The summed E-state index contributed by atoms with van der Waals surface area (Å²) < 4.78 is 0. The molecule has 0 radical (unpaired) electrons. The number of aromatic nitrogens is 1. The summed E-state index contributed by atoms with van der Waals surface area (Å²) in [5, 5.41) is 3.12. The van der Waals surface area contributed by atoms with Crippen LogP contribution in [0.2, 0.25) is 0 Å². The Morgan fingerprint density at radius 3 is 2.81 bits per heavy atom. The van der Waals surface area contributed by atoms with Gasteiger partial charge in [0.15, 0.2) is 0 Å². The van der Waals surface area contributed by atoms with Gasteiger partial charge in [-0.3, -0.25) is 4.79 Å². The third kappa shape index (κ3) is 3.12. The maximum absolute atomic E-state index is 11.8. The normalized spacial score (nSPS) is 17.3. The number of amides is 1. The molecule has 1 aliphatic carbocycles. The number of nitrogens with one attached hydrogen (secondary N) is 2. The van der Waals surface area contributed by atoms with E-state index in [4.69, 9.17) is 0 Å². The molecule has 1 fully saturated rings. The summed E-state index contributed by atoms with van der Waals surface area (Å²) in [6.07, 6.45) is 8.55. The standard InChI is InChI=1S/C13H20N2O/c1-10-7-11(9-14-10)8-13(16)15-12-5-3-2-4-6-12/h7,9,12,14H,2-6,8H2,1H3,(H,15,16). The molecule has 2 N–H and O–H groups in total. The molecular weight excluding hydrogens is 200 g/mol. The van der Waals surface area contributed by atoms with Gasteiger partial charge in [-0.15, -0.1) is 0 Å². The fourth-order valence-electron chi connectivity index (χ4n) is 2.38. The molecular formula is C13H20N2O. The summed E-state index contributed by atoms with van der Waals surface area (Å²) in [6.45, 7) is 2.00. The van der Waals surface area contributed by atoms with Crippen molar-refractivity contribution in [3.05, 3.63) is 23.5 Å². The predicted molar refractivity (Wildman–Crippen MR) is 64.2 cm³/mol. The second-order valence-corrected chi connectivity index (χ2v) is 4.77. The van der Waals surface area contributed by atoms with Gasteiger partial charge in [-0.25, -0.2) is 0 Å². The minimum absolute atomic E-state index is 0.158. The summed E-state index contributed by atoms with van der Waals surface area (Å²) in [6, 6.07) is 2.45. The minimum Gasteiger partial charge on any atom is -0.365 e. The molecule has 88 valence electrons. The highest BCUT2D eigenvalue weighted by Gasteiger charge is 2.15. The Morgan fingerprint density at radius 2 is 2.19 bits per heavy atom. The van der Waals surface area contributed by atoms with Gasteiger partial charge in [-0.1, -0.05) is 19.3 Å². The lowest BCUT2D eigenvalue weighted by Gasteiger charge is -2.22. The quantitative estimate of drug-likeness (QED) is 0.806. The molecule has 2 rings (SSSR count). The fourth-order valence-corrected chi connectivity index (χ4v) is 2.38. The Labute approximate surface area is 96.6 Å². The Balaban J connectivity index is 1.79. The lowest BCUT2D eigenvalue weighted by molar-refractivity contribution is -0.121. The van der Waals surface area contributed by atoms with Gasteiger partial charge < -0.3 is 10.3 Å². The van der Waals surface area contributed by atoms with E-state index >= 15 is 0 Å². The van der Waals surface area contributed by atoms with E-state index in [2.05, 4.69) is 10.3 Å². The smallest absolute Gasteiger partial charge is 0.224 e. The molecule has 0 saturated heterocycles. The number of hydrogen-bond acceptors (Lipinski definition) is 1. The zero-order chi connectivity index (χ0) is 11.4. The van der Waals surface area contributed by atoms with E-state index in [1.165, 1.54) is 19.3 Å². The third-order valence-corrected chi connectivity index (χ3v) is 3.22. The molecule has 0 spiro atoms. The van der Waals surface area contributed by atoms with Crippen molar-refractivity contribution >= 4 is 5.91 Å². The van der Waals surface area contributed by atoms with Crippen molar-refractivity contribution in [1.29, 1.82) is 0 Å². The molecule has 0 atom stereocenters. The zero-order valence-electron chi connectivity index (χ0n) is 9.88. The number of H-pyrrole nitrogens is 1. The maximum atomic E-state index is 11.8. The Morgan fingerprint density at radius 1 is 1.44 bits per heavy atom. The van der Waals surface area contributed by atoms with Crippen molar-refractivity contribution in [3.8, 4) is 0 Å². The maximum Gasteiger partial charge on any atom is 0.224 e. The van der Waals surface area contributed by atoms with Gasteiger partial charge in [0.25, 0.3) is 0 Å². The molecule has 0 aliphatic heterocycles. The molecule has 1 aliphatic rings. The highest BCUT2D eigenvalue weighted by Crippen LogP contribution is 2.17. The summed E-state index contributed by atoms with van der Waals surface area (Å²) in [5.41, 5.74) is 2.19. The number of rotatable bonds is 3. The van der Waals surface area contributed by atoms with Crippen LogP contribution in [0.5, 0.6) is 0 Å². The van der Waals surface area contributed by atoms with E-state index in [1.54, 1.807) is 0 Å². The van der Waals surface area contributed by atoms with Crippen molar-refractivity contribution in [2.45, 2.75) is 51.5 Å². The van der Waals surface area contributed by atoms with Crippen LogP contribution in [-0.4, -0.2) is 16.9 Å². The van der Waals surface area contributed by atoms with Crippen molar-refractivity contribution in [3.63, 3.8) is 0 Å². The van der Waals surface area contributed by atoms with Crippen molar-refractivity contribution in [2.24, 2.45) is 0 Å². The zero-order valence-corrected chi connectivity index (χ0v) is 9.88. The van der Waals surface area contributed by atoms with Crippen LogP contribution in [0.15, 0.2) is 12.3 Å².